The minimum atomic E-state index is -3.53. The van der Waals surface area contributed by atoms with Crippen molar-refractivity contribution in [1.82, 2.24) is 10.3 Å². The molecule has 0 aliphatic carbocycles. The molecule has 1 aromatic heterocycles. The summed E-state index contributed by atoms with van der Waals surface area (Å²) in [6.45, 7) is 3.60. The van der Waals surface area contributed by atoms with Gasteiger partial charge in [0.25, 0.3) is 5.91 Å². The van der Waals surface area contributed by atoms with Crippen molar-refractivity contribution in [2.24, 2.45) is 0 Å². The van der Waals surface area contributed by atoms with E-state index in [-0.39, 0.29) is 35.8 Å². The molecule has 28 heavy (non-hydrogen) atoms. The first-order valence-corrected chi connectivity index (χ1v) is 8.50. The Balaban J connectivity index is 2.12. The third-order valence-corrected chi connectivity index (χ3v) is 3.58. The molecule has 0 aliphatic rings. The van der Waals surface area contributed by atoms with E-state index >= 15 is 0 Å². The van der Waals surface area contributed by atoms with Crippen molar-refractivity contribution in [2.75, 3.05) is 5.32 Å². The van der Waals surface area contributed by atoms with Crippen molar-refractivity contribution in [3.63, 3.8) is 0 Å². The van der Waals surface area contributed by atoms with E-state index in [1.807, 2.05) is 0 Å². The largest absolute Gasteiger partial charge is 0.430 e. The highest BCUT2D eigenvalue weighted by molar-refractivity contribution is 5.96. The third-order valence-electron chi connectivity index (χ3n) is 3.58. The van der Waals surface area contributed by atoms with Crippen LogP contribution in [0.25, 0.3) is 0 Å². The molecule has 1 heterocycles. The molecule has 1 aromatic carbocycles. The Bertz CT molecular complexity index is 882. The number of rotatable bonds is 7. The van der Waals surface area contributed by atoms with E-state index in [0.717, 1.165) is 6.07 Å². The quantitative estimate of drug-likeness (QED) is 0.747. The Kier molecular flexibility index (Phi) is 6.61. The summed E-state index contributed by atoms with van der Waals surface area (Å²) in [6.07, 6.45) is -3.28. The lowest BCUT2D eigenvalue weighted by Gasteiger charge is -2.15. The highest BCUT2D eigenvalue weighted by Crippen LogP contribution is 2.26. The number of halogens is 3. The number of alkyl halides is 2. The first-order valence-electron chi connectivity index (χ1n) is 8.50. The molecule has 0 radical (unpaired) electrons. The number of hydrogen-bond acceptors (Lipinski definition) is 4. The highest BCUT2D eigenvalue weighted by Gasteiger charge is 2.25. The second-order valence-electron chi connectivity index (χ2n) is 6.11. The number of nitrogens with one attached hydrogen (secondary N) is 2. The number of nitrogens with zero attached hydrogens (tertiary/aromatic N) is 1. The van der Waals surface area contributed by atoms with Crippen LogP contribution in [-0.2, 0) is 11.3 Å². The Morgan fingerprint density at radius 2 is 1.96 bits per heavy atom. The Morgan fingerprint density at radius 1 is 1.25 bits per heavy atom. The van der Waals surface area contributed by atoms with Gasteiger partial charge in [-0.3, -0.25) is 9.59 Å². The van der Waals surface area contributed by atoms with Crippen LogP contribution in [0.4, 0.5) is 19.0 Å². The van der Waals surface area contributed by atoms with Crippen LogP contribution >= 0.6 is 0 Å². The summed E-state index contributed by atoms with van der Waals surface area (Å²) < 4.78 is 44.5. The van der Waals surface area contributed by atoms with E-state index in [9.17, 15) is 22.8 Å². The average Bonchev–Trinajstić information content (AvgIpc) is 2.60. The van der Waals surface area contributed by atoms with Gasteiger partial charge in [0.15, 0.2) is 11.6 Å². The predicted octanol–water partition coefficient (Wildman–Crippen LogP) is 3.80. The summed E-state index contributed by atoms with van der Waals surface area (Å²) in [4.78, 5) is 28.0. The van der Waals surface area contributed by atoms with Crippen LogP contribution in [0.15, 0.2) is 30.3 Å². The molecular weight excluding hydrogens is 375 g/mol. The number of hydrogen-bond donors (Lipinski definition) is 2. The predicted molar refractivity (Wildman–Crippen MR) is 96.7 cm³/mol. The van der Waals surface area contributed by atoms with Crippen molar-refractivity contribution >= 4 is 17.6 Å². The Morgan fingerprint density at radius 3 is 2.61 bits per heavy atom. The monoisotopic (exact) mass is 395 g/mol. The summed E-state index contributed by atoms with van der Waals surface area (Å²) in [5, 5.41) is 5.07. The van der Waals surface area contributed by atoms with Crippen LogP contribution in [0, 0.1) is 12.7 Å². The van der Waals surface area contributed by atoms with Gasteiger partial charge in [0, 0.05) is 36.7 Å². The Hall–Kier alpha value is -3.10. The van der Waals surface area contributed by atoms with Crippen LogP contribution in [0.2, 0.25) is 0 Å². The lowest BCUT2D eigenvalue weighted by molar-refractivity contribution is -0.160. The molecule has 2 aromatic rings. The second kappa shape index (κ2) is 8.73. The van der Waals surface area contributed by atoms with Gasteiger partial charge in [-0.05, 0) is 25.1 Å². The van der Waals surface area contributed by atoms with Crippen molar-refractivity contribution in [3.05, 3.63) is 53.0 Å². The number of carbonyl (C=O) groups excluding carboxylic acids is 2. The van der Waals surface area contributed by atoms with Gasteiger partial charge in [-0.1, -0.05) is 19.1 Å². The molecule has 150 valence electrons. The van der Waals surface area contributed by atoms with Crippen LogP contribution in [0.1, 0.15) is 41.9 Å². The van der Waals surface area contributed by atoms with E-state index in [4.69, 9.17) is 0 Å². The highest BCUT2D eigenvalue weighted by atomic mass is 19.3. The first-order chi connectivity index (χ1) is 13.1. The van der Waals surface area contributed by atoms with Crippen molar-refractivity contribution < 1.29 is 27.5 Å². The van der Waals surface area contributed by atoms with Crippen LogP contribution in [0.5, 0.6) is 5.75 Å². The minimum Gasteiger partial charge on any atom is -0.430 e. The van der Waals surface area contributed by atoms with Gasteiger partial charge in [-0.15, -0.1) is 0 Å². The van der Waals surface area contributed by atoms with Gasteiger partial charge >= 0.3 is 6.11 Å². The summed E-state index contributed by atoms with van der Waals surface area (Å²) >= 11 is 0. The second-order valence-corrected chi connectivity index (χ2v) is 6.11. The number of aromatic nitrogens is 1. The van der Waals surface area contributed by atoms with Crippen molar-refractivity contribution in [3.8, 4) is 5.75 Å². The molecule has 0 atom stereocenters. The molecule has 0 fully saturated rings. The lowest BCUT2D eigenvalue weighted by atomic mass is 10.1. The number of anilines is 1. The van der Waals surface area contributed by atoms with Crippen LogP contribution in [0.3, 0.4) is 0 Å². The molecule has 9 heteroatoms. The van der Waals surface area contributed by atoms with E-state index < -0.39 is 23.6 Å². The van der Waals surface area contributed by atoms with E-state index in [0.29, 0.717) is 12.6 Å². The fourth-order valence-corrected chi connectivity index (χ4v) is 2.34. The average molecular weight is 395 g/mol. The molecule has 6 nitrogen and oxygen atoms in total. The molecule has 2 amide bonds. The number of ether oxygens (including phenoxy) is 1. The summed E-state index contributed by atoms with van der Waals surface area (Å²) in [7, 11) is 0. The molecule has 0 aliphatic heterocycles. The van der Waals surface area contributed by atoms with Gasteiger partial charge in [0.2, 0.25) is 5.91 Å². The topological polar surface area (TPSA) is 80.3 Å². The van der Waals surface area contributed by atoms with E-state index in [2.05, 4.69) is 20.4 Å². The minimum absolute atomic E-state index is 0.0135. The maximum Gasteiger partial charge on any atom is 0.395 e. The molecule has 0 saturated carbocycles. The first kappa shape index (κ1) is 21.2. The Labute approximate surface area is 160 Å². The number of benzene rings is 1. The molecule has 2 rings (SSSR count). The van der Waals surface area contributed by atoms with Gasteiger partial charge in [-0.25, -0.2) is 9.37 Å². The number of amides is 2. The third kappa shape index (κ3) is 5.97. The molecule has 0 saturated heterocycles. The van der Waals surface area contributed by atoms with Crippen LogP contribution < -0.4 is 15.4 Å². The fourth-order valence-electron chi connectivity index (χ4n) is 2.34. The number of pyridine rings is 1. The smallest absolute Gasteiger partial charge is 0.395 e. The summed E-state index contributed by atoms with van der Waals surface area (Å²) in [5.74, 6) is -2.15. The van der Waals surface area contributed by atoms with E-state index in [1.54, 1.807) is 13.8 Å². The summed E-state index contributed by atoms with van der Waals surface area (Å²) in [5.41, 5.74) is 0.706. The maximum absolute atomic E-state index is 14.3. The zero-order chi connectivity index (χ0) is 20.9. The summed E-state index contributed by atoms with van der Waals surface area (Å²) in [6, 6.07) is 6.67. The SMILES string of the molecule is CCC(=O)Nc1cc(C(=O)NCc2cccc(OC(C)(F)F)c2F)cc(C)n1. The van der Waals surface area contributed by atoms with Crippen molar-refractivity contribution in [1.29, 1.82) is 0 Å². The molecule has 0 bridgehead atoms. The van der Waals surface area contributed by atoms with Crippen LogP contribution in [-0.4, -0.2) is 22.9 Å². The zero-order valence-electron chi connectivity index (χ0n) is 15.6. The molecule has 0 unspecified atom stereocenters. The zero-order valence-corrected chi connectivity index (χ0v) is 15.6. The molecule has 2 N–H and O–H groups in total. The lowest BCUT2D eigenvalue weighted by Crippen LogP contribution is -2.24. The fraction of sp³-hybridized carbons (Fsp3) is 0.316. The normalized spacial score (nSPS) is 11.1. The maximum atomic E-state index is 14.3. The molecular formula is C19H20F3N3O3. The number of aryl methyl sites for hydroxylation is 1. The van der Waals surface area contributed by atoms with E-state index in [1.165, 1.54) is 24.3 Å². The van der Waals surface area contributed by atoms with Gasteiger partial charge in [-0.2, -0.15) is 8.78 Å². The number of carbonyl (C=O) groups is 2. The standard InChI is InChI=1S/C19H20F3N3O3/c1-4-16(26)25-15-9-13(8-11(2)24-15)18(27)23-10-12-6-5-7-14(17(12)20)28-19(3,21)22/h5-9H,4,10H2,1-3H3,(H,23,27)(H,24,25,26). The molecule has 0 spiro atoms. The van der Waals surface area contributed by atoms with Gasteiger partial charge in [0.1, 0.15) is 5.82 Å². The van der Waals surface area contributed by atoms with Gasteiger partial charge in [0.05, 0.1) is 0 Å². The van der Waals surface area contributed by atoms with Crippen molar-refractivity contribution in [2.45, 2.75) is 39.8 Å². The van der Waals surface area contributed by atoms with Gasteiger partial charge < -0.3 is 15.4 Å².